The maximum atomic E-state index is 12.5. The normalized spacial score (nSPS) is 18.4. The van der Waals surface area contributed by atoms with E-state index in [4.69, 9.17) is 0 Å². The number of benzene rings is 1. The highest BCUT2D eigenvalue weighted by atomic mass is 16.2. The first-order valence-corrected chi connectivity index (χ1v) is 7.27. The summed E-state index contributed by atoms with van der Waals surface area (Å²) >= 11 is 0. The molecule has 0 radical (unpaired) electrons. The van der Waals surface area contributed by atoms with Crippen LogP contribution in [-0.4, -0.2) is 36.3 Å². The van der Waals surface area contributed by atoms with Crippen LogP contribution in [0.5, 0.6) is 0 Å². The van der Waals surface area contributed by atoms with Gasteiger partial charge in [-0.25, -0.2) is 0 Å². The van der Waals surface area contributed by atoms with Crippen molar-refractivity contribution in [1.82, 2.24) is 4.90 Å². The molecule has 0 saturated carbocycles. The summed E-state index contributed by atoms with van der Waals surface area (Å²) in [6.45, 7) is 2.86. The monoisotopic (exact) mass is 274 g/mol. The van der Waals surface area contributed by atoms with Gasteiger partial charge in [-0.1, -0.05) is 31.5 Å². The molecule has 0 spiro atoms. The number of anilines is 1. The second kappa shape index (κ2) is 6.55. The van der Waals surface area contributed by atoms with Gasteiger partial charge in [-0.2, -0.15) is 0 Å². The number of para-hydroxylation sites is 1. The summed E-state index contributed by atoms with van der Waals surface area (Å²) in [4.78, 5) is 28.0. The van der Waals surface area contributed by atoms with Gasteiger partial charge in [0.15, 0.2) is 0 Å². The third-order valence-corrected chi connectivity index (χ3v) is 3.75. The van der Waals surface area contributed by atoms with Crippen LogP contribution in [0.2, 0.25) is 0 Å². The average Bonchev–Trinajstić information content (AvgIpc) is 2.86. The molecule has 1 unspecified atom stereocenters. The third kappa shape index (κ3) is 3.00. The Morgan fingerprint density at radius 3 is 2.70 bits per heavy atom. The summed E-state index contributed by atoms with van der Waals surface area (Å²) < 4.78 is 0. The minimum absolute atomic E-state index is 0.0402. The van der Waals surface area contributed by atoms with E-state index in [1.165, 1.54) is 0 Å². The van der Waals surface area contributed by atoms with Gasteiger partial charge in [-0.15, -0.1) is 0 Å². The molecule has 1 atom stereocenters. The molecule has 0 N–H and O–H groups in total. The van der Waals surface area contributed by atoms with Crippen LogP contribution < -0.4 is 4.90 Å². The second-order valence-corrected chi connectivity index (χ2v) is 5.27. The van der Waals surface area contributed by atoms with Gasteiger partial charge in [0.1, 0.15) is 6.04 Å². The van der Waals surface area contributed by atoms with E-state index in [1.54, 1.807) is 9.80 Å². The van der Waals surface area contributed by atoms with Crippen molar-refractivity contribution in [2.24, 2.45) is 0 Å². The van der Waals surface area contributed by atoms with E-state index in [2.05, 4.69) is 6.92 Å². The third-order valence-electron chi connectivity index (χ3n) is 3.75. The van der Waals surface area contributed by atoms with Crippen molar-refractivity contribution in [3.8, 4) is 0 Å². The number of carbonyl (C=O) groups is 2. The molecule has 0 aromatic heterocycles. The van der Waals surface area contributed by atoms with E-state index in [0.29, 0.717) is 12.8 Å². The Labute approximate surface area is 120 Å². The van der Waals surface area contributed by atoms with Crippen LogP contribution in [0.25, 0.3) is 0 Å². The van der Waals surface area contributed by atoms with Crippen LogP contribution in [-0.2, 0) is 9.59 Å². The first-order chi connectivity index (χ1) is 9.65. The number of nitrogens with zero attached hydrogens (tertiary/aromatic N) is 2. The Hall–Kier alpha value is -1.84. The lowest BCUT2D eigenvalue weighted by Gasteiger charge is -2.28. The molecule has 2 amide bonds. The zero-order valence-electron chi connectivity index (χ0n) is 12.2. The number of likely N-dealkylation sites (N-methyl/N-ethyl adjacent to an activating group) is 1. The number of hydrogen-bond donors (Lipinski definition) is 0. The number of unbranched alkanes of at least 4 members (excludes halogenated alkanes) is 1. The molecule has 1 heterocycles. The average molecular weight is 274 g/mol. The Morgan fingerprint density at radius 1 is 1.35 bits per heavy atom. The molecule has 1 aliphatic heterocycles. The first kappa shape index (κ1) is 14.6. The van der Waals surface area contributed by atoms with E-state index in [9.17, 15) is 9.59 Å². The van der Waals surface area contributed by atoms with Crippen molar-refractivity contribution in [2.45, 2.75) is 38.6 Å². The van der Waals surface area contributed by atoms with Crippen LogP contribution >= 0.6 is 0 Å². The Kier molecular flexibility index (Phi) is 4.77. The van der Waals surface area contributed by atoms with E-state index in [-0.39, 0.29) is 17.9 Å². The van der Waals surface area contributed by atoms with Gasteiger partial charge in [0.25, 0.3) is 0 Å². The summed E-state index contributed by atoms with van der Waals surface area (Å²) in [6, 6.07) is 9.12. The molecule has 0 aliphatic carbocycles. The van der Waals surface area contributed by atoms with Crippen LogP contribution in [0.1, 0.15) is 32.6 Å². The predicted molar refractivity (Wildman–Crippen MR) is 79.5 cm³/mol. The van der Waals surface area contributed by atoms with Crippen LogP contribution in [0, 0.1) is 0 Å². The van der Waals surface area contributed by atoms with Crippen molar-refractivity contribution >= 4 is 17.5 Å². The molecule has 4 nitrogen and oxygen atoms in total. The van der Waals surface area contributed by atoms with Crippen LogP contribution in [0.4, 0.5) is 5.69 Å². The summed E-state index contributed by atoms with van der Waals surface area (Å²) in [6.07, 6.45) is 3.12. The molecular formula is C16H22N2O2. The van der Waals surface area contributed by atoms with Gasteiger partial charge < -0.3 is 4.90 Å². The molecule has 1 fully saturated rings. The fraction of sp³-hybridized carbons (Fsp3) is 0.500. The molecule has 108 valence electrons. The maximum Gasteiger partial charge on any atom is 0.245 e. The van der Waals surface area contributed by atoms with Gasteiger partial charge in [-0.05, 0) is 25.0 Å². The first-order valence-electron chi connectivity index (χ1n) is 7.27. The van der Waals surface area contributed by atoms with Crippen molar-refractivity contribution in [1.29, 1.82) is 0 Å². The summed E-state index contributed by atoms with van der Waals surface area (Å²) in [5.41, 5.74) is 0.817. The largest absolute Gasteiger partial charge is 0.344 e. The lowest BCUT2D eigenvalue weighted by molar-refractivity contribution is -0.131. The number of amides is 2. The van der Waals surface area contributed by atoms with Crippen molar-refractivity contribution in [3.05, 3.63) is 30.3 Å². The number of hydrogen-bond acceptors (Lipinski definition) is 2. The summed E-state index contributed by atoms with van der Waals surface area (Å²) in [7, 11) is 1.82. The summed E-state index contributed by atoms with van der Waals surface area (Å²) in [5, 5.41) is 0. The lowest BCUT2D eigenvalue weighted by Crippen LogP contribution is -2.45. The predicted octanol–water partition coefficient (Wildman–Crippen LogP) is 2.44. The standard InChI is InChI=1S/C16H22N2O2/c1-3-4-12-17(2)16(20)14-10-11-15(19)18(14)13-8-6-5-7-9-13/h5-9,14H,3-4,10-12H2,1-2H3. The zero-order valence-corrected chi connectivity index (χ0v) is 12.2. The molecular weight excluding hydrogens is 252 g/mol. The quantitative estimate of drug-likeness (QED) is 0.827. The van der Waals surface area contributed by atoms with E-state index < -0.39 is 0 Å². The summed E-state index contributed by atoms with van der Waals surface area (Å²) in [5.74, 6) is 0.0894. The number of carbonyl (C=O) groups excluding carboxylic acids is 2. The van der Waals surface area contributed by atoms with Gasteiger partial charge >= 0.3 is 0 Å². The molecule has 1 aromatic carbocycles. The minimum atomic E-state index is -0.341. The molecule has 20 heavy (non-hydrogen) atoms. The molecule has 0 bridgehead atoms. The fourth-order valence-electron chi connectivity index (χ4n) is 2.59. The molecule has 4 heteroatoms. The molecule has 1 aliphatic rings. The smallest absolute Gasteiger partial charge is 0.245 e. The molecule has 1 aromatic rings. The van der Waals surface area contributed by atoms with Crippen LogP contribution in [0.3, 0.4) is 0 Å². The van der Waals surface area contributed by atoms with Crippen molar-refractivity contribution in [2.75, 3.05) is 18.5 Å². The highest BCUT2D eigenvalue weighted by Gasteiger charge is 2.38. The zero-order chi connectivity index (χ0) is 14.5. The van der Waals surface area contributed by atoms with E-state index in [1.807, 2.05) is 37.4 Å². The topological polar surface area (TPSA) is 40.6 Å². The van der Waals surface area contributed by atoms with Gasteiger partial charge in [0.05, 0.1) is 0 Å². The Balaban J connectivity index is 2.14. The van der Waals surface area contributed by atoms with Crippen LogP contribution in [0.15, 0.2) is 30.3 Å². The second-order valence-electron chi connectivity index (χ2n) is 5.27. The molecule has 2 rings (SSSR count). The highest BCUT2D eigenvalue weighted by Crippen LogP contribution is 2.27. The Bertz CT molecular complexity index is 473. The van der Waals surface area contributed by atoms with Gasteiger partial charge in [-0.3, -0.25) is 14.5 Å². The van der Waals surface area contributed by atoms with E-state index >= 15 is 0 Å². The van der Waals surface area contributed by atoms with Crippen molar-refractivity contribution in [3.63, 3.8) is 0 Å². The fourth-order valence-corrected chi connectivity index (χ4v) is 2.59. The number of rotatable bonds is 5. The van der Waals surface area contributed by atoms with Crippen molar-refractivity contribution < 1.29 is 9.59 Å². The Morgan fingerprint density at radius 2 is 2.05 bits per heavy atom. The van der Waals surface area contributed by atoms with E-state index in [0.717, 1.165) is 25.1 Å². The maximum absolute atomic E-state index is 12.5. The van der Waals surface area contributed by atoms with Gasteiger partial charge in [0, 0.05) is 25.7 Å². The lowest BCUT2D eigenvalue weighted by atomic mass is 10.1. The van der Waals surface area contributed by atoms with Gasteiger partial charge in [0.2, 0.25) is 11.8 Å². The highest BCUT2D eigenvalue weighted by molar-refractivity contribution is 6.03. The minimum Gasteiger partial charge on any atom is -0.344 e. The SMILES string of the molecule is CCCCN(C)C(=O)C1CCC(=O)N1c1ccccc1. The molecule has 1 saturated heterocycles.